The van der Waals surface area contributed by atoms with E-state index in [0.717, 1.165) is 0 Å². The van der Waals surface area contributed by atoms with Crippen molar-refractivity contribution in [2.45, 2.75) is 6.61 Å². The zero-order chi connectivity index (χ0) is 13.2. The maximum Gasteiger partial charge on any atom is 0.387 e. The van der Waals surface area contributed by atoms with Gasteiger partial charge in [-0.3, -0.25) is 0 Å². The van der Waals surface area contributed by atoms with E-state index in [4.69, 9.17) is 4.42 Å². The van der Waals surface area contributed by atoms with Gasteiger partial charge in [0.15, 0.2) is 5.58 Å². The molecule has 3 aromatic rings. The largest absolute Gasteiger partial charge is 0.436 e. The Balaban J connectivity index is 2.10. The maximum absolute atomic E-state index is 12.3. The molecule has 0 aliphatic carbocycles. The van der Waals surface area contributed by atoms with Gasteiger partial charge < -0.3 is 9.15 Å². The summed E-state index contributed by atoms with van der Waals surface area (Å²) in [4.78, 5) is 4.26. The molecular weight excluding hydrogens is 252 g/mol. The summed E-state index contributed by atoms with van der Waals surface area (Å²) < 4.78 is 34.7. The van der Waals surface area contributed by atoms with Crippen molar-refractivity contribution < 1.29 is 17.9 Å². The van der Waals surface area contributed by atoms with E-state index >= 15 is 0 Å². The van der Waals surface area contributed by atoms with E-state index in [1.807, 2.05) is 12.1 Å². The SMILES string of the molecule is FC(F)Oc1ccccc1-c1nc2ccccc2o1. The fourth-order valence-corrected chi connectivity index (χ4v) is 1.83. The molecule has 1 heterocycles. The number of rotatable bonds is 3. The second kappa shape index (κ2) is 4.68. The van der Waals surface area contributed by atoms with Crippen LogP contribution < -0.4 is 4.74 Å². The maximum atomic E-state index is 12.3. The predicted octanol–water partition coefficient (Wildman–Crippen LogP) is 4.10. The Labute approximate surface area is 107 Å². The summed E-state index contributed by atoms with van der Waals surface area (Å²) >= 11 is 0. The summed E-state index contributed by atoms with van der Waals surface area (Å²) in [6.07, 6.45) is 0. The van der Waals surface area contributed by atoms with Crippen molar-refractivity contribution in [1.82, 2.24) is 4.98 Å². The van der Waals surface area contributed by atoms with E-state index in [1.54, 1.807) is 30.3 Å². The van der Waals surface area contributed by atoms with Gasteiger partial charge in [0.25, 0.3) is 0 Å². The Morgan fingerprint density at radius 3 is 2.53 bits per heavy atom. The molecule has 0 amide bonds. The molecule has 2 aromatic carbocycles. The number of ether oxygens (including phenoxy) is 1. The summed E-state index contributed by atoms with van der Waals surface area (Å²) in [5.74, 6) is 0.307. The fraction of sp³-hybridized carbons (Fsp3) is 0.0714. The Bertz CT molecular complexity index is 676. The first-order valence-electron chi connectivity index (χ1n) is 5.64. The number of oxazole rings is 1. The molecule has 5 heteroatoms. The minimum absolute atomic E-state index is 0.0454. The molecule has 19 heavy (non-hydrogen) atoms. The van der Waals surface area contributed by atoms with Crippen LogP contribution >= 0.6 is 0 Å². The molecule has 0 spiro atoms. The standard InChI is InChI=1S/C14H9F2NO2/c15-14(16)19-11-7-3-1-5-9(11)13-17-10-6-2-4-8-12(10)18-13/h1-8,14H. The second-order valence-corrected chi connectivity index (χ2v) is 3.86. The van der Waals surface area contributed by atoms with Crippen LogP contribution in [0.15, 0.2) is 52.9 Å². The molecule has 0 saturated heterocycles. The number of nitrogens with zero attached hydrogens (tertiary/aromatic N) is 1. The van der Waals surface area contributed by atoms with E-state index in [1.165, 1.54) is 6.07 Å². The molecule has 0 aliphatic rings. The van der Waals surface area contributed by atoms with Gasteiger partial charge in [0.2, 0.25) is 5.89 Å². The normalized spacial score (nSPS) is 11.1. The molecule has 0 aliphatic heterocycles. The fourth-order valence-electron chi connectivity index (χ4n) is 1.83. The predicted molar refractivity (Wildman–Crippen MR) is 66.1 cm³/mol. The van der Waals surface area contributed by atoms with Crippen molar-refractivity contribution in [2.24, 2.45) is 0 Å². The molecule has 0 atom stereocenters. The van der Waals surface area contributed by atoms with Crippen LogP contribution in [-0.2, 0) is 0 Å². The van der Waals surface area contributed by atoms with E-state index in [9.17, 15) is 8.78 Å². The quantitative estimate of drug-likeness (QED) is 0.712. The highest BCUT2D eigenvalue weighted by Crippen LogP contribution is 2.32. The zero-order valence-corrected chi connectivity index (χ0v) is 9.72. The number of aromatic nitrogens is 1. The third-order valence-corrected chi connectivity index (χ3v) is 2.63. The zero-order valence-electron chi connectivity index (χ0n) is 9.72. The molecule has 3 rings (SSSR count). The first-order valence-corrected chi connectivity index (χ1v) is 5.64. The third kappa shape index (κ3) is 2.27. The molecule has 96 valence electrons. The average Bonchev–Trinajstić information content (AvgIpc) is 2.82. The van der Waals surface area contributed by atoms with Crippen molar-refractivity contribution >= 4 is 11.1 Å². The minimum Gasteiger partial charge on any atom is -0.436 e. The van der Waals surface area contributed by atoms with Crippen molar-refractivity contribution in [2.75, 3.05) is 0 Å². The number of halogens is 2. The van der Waals surface area contributed by atoms with E-state index < -0.39 is 6.61 Å². The van der Waals surface area contributed by atoms with Crippen molar-refractivity contribution in [3.05, 3.63) is 48.5 Å². The van der Waals surface area contributed by atoms with Gasteiger partial charge >= 0.3 is 6.61 Å². The van der Waals surface area contributed by atoms with Crippen LogP contribution in [-0.4, -0.2) is 11.6 Å². The number of hydrogen-bond acceptors (Lipinski definition) is 3. The van der Waals surface area contributed by atoms with Gasteiger partial charge in [0.1, 0.15) is 11.3 Å². The highest BCUT2D eigenvalue weighted by molar-refractivity contribution is 5.77. The van der Waals surface area contributed by atoms with Gasteiger partial charge in [-0.15, -0.1) is 0 Å². The summed E-state index contributed by atoms with van der Waals surface area (Å²) in [6, 6.07) is 13.6. The molecule has 3 nitrogen and oxygen atoms in total. The van der Waals surface area contributed by atoms with Crippen LogP contribution in [0, 0.1) is 0 Å². The molecular formula is C14H9F2NO2. The Kier molecular flexibility index (Phi) is 2.87. The summed E-state index contributed by atoms with van der Waals surface area (Å²) in [7, 11) is 0. The minimum atomic E-state index is -2.88. The van der Waals surface area contributed by atoms with Gasteiger partial charge in [-0.2, -0.15) is 8.78 Å². The lowest BCUT2D eigenvalue weighted by molar-refractivity contribution is -0.0495. The number of fused-ring (bicyclic) bond motifs is 1. The summed E-state index contributed by atoms with van der Waals surface area (Å²) in [5, 5.41) is 0. The van der Waals surface area contributed by atoms with Crippen LogP contribution in [0.2, 0.25) is 0 Å². The lowest BCUT2D eigenvalue weighted by Crippen LogP contribution is -2.02. The average molecular weight is 261 g/mol. The number of alkyl halides is 2. The smallest absolute Gasteiger partial charge is 0.387 e. The van der Waals surface area contributed by atoms with Crippen LogP contribution in [0.5, 0.6) is 5.75 Å². The van der Waals surface area contributed by atoms with Crippen molar-refractivity contribution in [1.29, 1.82) is 0 Å². The van der Waals surface area contributed by atoms with Gasteiger partial charge in [-0.1, -0.05) is 24.3 Å². The van der Waals surface area contributed by atoms with E-state index in [-0.39, 0.29) is 11.6 Å². The number of para-hydroxylation sites is 3. The molecule has 0 radical (unpaired) electrons. The van der Waals surface area contributed by atoms with Crippen LogP contribution in [0.1, 0.15) is 0 Å². The summed E-state index contributed by atoms with van der Waals surface area (Å²) in [6.45, 7) is -2.88. The molecule has 1 aromatic heterocycles. The van der Waals surface area contributed by atoms with E-state index in [0.29, 0.717) is 16.7 Å². The number of hydrogen-bond donors (Lipinski definition) is 0. The Morgan fingerprint density at radius 1 is 1.00 bits per heavy atom. The van der Waals surface area contributed by atoms with Crippen LogP contribution in [0.4, 0.5) is 8.78 Å². The highest BCUT2D eigenvalue weighted by atomic mass is 19.3. The topological polar surface area (TPSA) is 35.3 Å². The Morgan fingerprint density at radius 2 is 1.74 bits per heavy atom. The van der Waals surface area contributed by atoms with Gasteiger partial charge in [-0.05, 0) is 24.3 Å². The first kappa shape index (κ1) is 11.6. The van der Waals surface area contributed by atoms with Crippen molar-refractivity contribution in [3.8, 4) is 17.2 Å². The molecule has 0 fully saturated rings. The lowest BCUT2D eigenvalue weighted by atomic mass is 10.2. The molecule has 0 saturated carbocycles. The Hall–Kier alpha value is -2.43. The lowest BCUT2D eigenvalue weighted by Gasteiger charge is -2.07. The molecule has 0 unspecified atom stereocenters. The van der Waals surface area contributed by atoms with Gasteiger partial charge in [0, 0.05) is 0 Å². The van der Waals surface area contributed by atoms with Crippen LogP contribution in [0.25, 0.3) is 22.6 Å². The number of benzene rings is 2. The molecule has 0 bridgehead atoms. The highest BCUT2D eigenvalue weighted by Gasteiger charge is 2.15. The second-order valence-electron chi connectivity index (χ2n) is 3.86. The summed E-state index contributed by atoms with van der Waals surface area (Å²) in [5.41, 5.74) is 1.67. The first-order chi connectivity index (χ1) is 9.24. The van der Waals surface area contributed by atoms with Crippen LogP contribution in [0.3, 0.4) is 0 Å². The van der Waals surface area contributed by atoms with E-state index in [2.05, 4.69) is 9.72 Å². The molecule has 0 N–H and O–H groups in total. The van der Waals surface area contributed by atoms with Gasteiger partial charge in [-0.25, -0.2) is 4.98 Å². The third-order valence-electron chi connectivity index (χ3n) is 2.63. The monoisotopic (exact) mass is 261 g/mol. The van der Waals surface area contributed by atoms with Crippen molar-refractivity contribution in [3.63, 3.8) is 0 Å². The van der Waals surface area contributed by atoms with Gasteiger partial charge in [0.05, 0.1) is 5.56 Å².